The van der Waals surface area contributed by atoms with E-state index in [4.69, 9.17) is 0 Å². The maximum Gasteiger partial charge on any atom is 0.238 e. The molecule has 0 fully saturated rings. The van der Waals surface area contributed by atoms with E-state index in [9.17, 15) is 4.79 Å². The zero-order valence-electron chi connectivity index (χ0n) is 8.75. The Morgan fingerprint density at radius 2 is 2.21 bits per heavy atom. The predicted octanol–water partition coefficient (Wildman–Crippen LogP) is 2.81. The van der Waals surface area contributed by atoms with Gasteiger partial charge in [-0.05, 0) is 12.2 Å². The second-order valence-corrected chi connectivity index (χ2v) is 4.94. The van der Waals surface area contributed by atoms with Crippen molar-refractivity contribution < 1.29 is 4.79 Å². The van der Waals surface area contributed by atoms with Crippen molar-refractivity contribution in [1.29, 1.82) is 0 Å². The second kappa shape index (κ2) is 4.79. The fraction of sp³-hybridized carbons (Fsp3) is 0.556. The summed E-state index contributed by atoms with van der Waals surface area (Å²) in [6.45, 7) is 4.15. The molecular formula is C9H14N2OS2. The number of aromatic nitrogens is 1. The molecule has 0 aliphatic heterocycles. The quantitative estimate of drug-likeness (QED) is 0.867. The third kappa shape index (κ3) is 2.27. The highest BCUT2D eigenvalue weighted by Crippen LogP contribution is 2.31. The highest BCUT2D eigenvalue weighted by Gasteiger charge is 2.18. The van der Waals surface area contributed by atoms with E-state index >= 15 is 0 Å². The van der Waals surface area contributed by atoms with E-state index in [1.54, 1.807) is 17.6 Å². The van der Waals surface area contributed by atoms with Gasteiger partial charge in [0.15, 0.2) is 5.13 Å². The molecule has 0 amide bonds. The molecule has 0 unspecified atom stereocenters. The molecule has 0 bridgehead atoms. The molecule has 14 heavy (non-hydrogen) atoms. The van der Waals surface area contributed by atoms with Gasteiger partial charge in [-0.15, -0.1) is 11.3 Å². The Labute approximate surface area is 92.3 Å². The summed E-state index contributed by atoms with van der Waals surface area (Å²) in [5.74, 6) is 0.348. The first-order valence-corrected chi connectivity index (χ1v) is 6.41. The van der Waals surface area contributed by atoms with E-state index < -0.39 is 0 Å². The molecule has 1 aromatic heterocycles. The van der Waals surface area contributed by atoms with Crippen LogP contribution in [0.15, 0.2) is 0 Å². The smallest absolute Gasteiger partial charge is 0.238 e. The molecule has 1 heterocycles. The molecule has 0 radical (unpaired) electrons. The number of anilines is 1. The molecule has 0 saturated heterocycles. The van der Waals surface area contributed by atoms with Crippen molar-refractivity contribution in [2.75, 3.05) is 18.6 Å². The SMILES string of the molecule is CNc1nc(C(=O)SC)c(C(C)C)s1. The largest absolute Gasteiger partial charge is 0.365 e. The van der Waals surface area contributed by atoms with Gasteiger partial charge in [0.05, 0.1) is 0 Å². The molecule has 0 aliphatic carbocycles. The molecule has 0 saturated carbocycles. The first-order chi connectivity index (χ1) is 6.60. The predicted molar refractivity (Wildman–Crippen MR) is 63.6 cm³/mol. The maximum atomic E-state index is 11.5. The second-order valence-electron chi connectivity index (χ2n) is 3.13. The molecule has 1 aromatic rings. The van der Waals surface area contributed by atoms with Crippen LogP contribution in [-0.4, -0.2) is 23.4 Å². The number of nitrogens with zero attached hydrogens (tertiary/aromatic N) is 1. The number of nitrogens with one attached hydrogen (secondary N) is 1. The van der Waals surface area contributed by atoms with Crippen LogP contribution < -0.4 is 5.32 Å². The molecular weight excluding hydrogens is 216 g/mol. The number of rotatable bonds is 3. The normalized spacial score (nSPS) is 10.6. The van der Waals surface area contributed by atoms with E-state index in [0.29, 0.717) is 11.6 Å². The molecule has 5 heteroatoms. The Morgan fingerprint density at radius 1 is 1.57 bits per heavy atom. The van der Waals surface area contributed by atoms with Crippen LogP contribution in [0.3, 0.4) is 0 Å². The number of carbonyl (C=O) groups is 1. The van der Waals surface area contributed by atoms with Crippen molar-refractivity contribution in [2.24, 2.45) is 0 Å². The van der Waals surface area contributed by atoms with Crippen LogP contribution in [0.25, 0.3) is 0 Å². The highest BCUT2D eigenvalue weighted by molar-refractivity contribution is 8.13. The average Bonchev–Trinajstić information content (AvgIpc) is 2.60. The number of hydrogen-bond acceptors (Lipinski definition) is 5. The summed E-state index contributed by atoms with van der Waals surface area (Å²) < 4.78 is 0. The van der Waals surface area contributed by atoms with Gasteiger partial charge in [0.25, 0.3) is 0 Å². The van der Waals surface area contributed by atoms with Crippen molar-refractivity contribution in [3.8, 4) is 0 Å². The van der Waals surface area contributed by atoms with Crippen LogP contribution in [0.5, 0.6) is 0 Å². The zero-order valence-corrected chi connectivity index (χ0v) is 10.4. The van der Waals surface area contributed by atoms with Crippen LogP contribution in [0, 0.1) is 0 Å². The topological polar surface area (TPSA) is 42.0 Å². The van der Waals surface area contributed by atoms with Crippen molar-refractivity contribution >= 4 is 33.3 Å². The molecule has 0 atom stereocenters. The van der Waals surface area contributed by atoms with E-state index in [1.165, 1.54) is 11.8 Å². The standard InChI is InChI=1S/C9H14N2OS2/c1-5(2)7-6(8(12)13-4)11-9(10-3)14-7/h5H,1-4H3,(H,10,11). The van der Waals surface area contributed by atoms with Crippen molar-refractivity contribution in [3.63, 3.8) is 0 Å². The lowest BCUT2D eigenvalue weighted by Crippen LogP contribution is -1.99. The van der Waals surface area contributed by atoms with E-state index in [0.717, 1.165) is 10.0 Å². The fourth-order valence-electron chi connectivity index (χ4n) is 1.07. The lowest BCUT2D eigenvalue weighted by molar-refractivity contribution is 0.108. The van der Waals surface area contributed by atoms with Gasteiger partial charge in [-0.2, -0.15) is 0 Å². The Bertz CT molecular complexity index is 334. The number of carbonyl (C=O) groups excluding carboxylic acids is 1. The van der Waals surface area contributed by atoms with Gasteiger partial charge in [-0.3, -0.25) is 4.79 Å². The van der Waals surface area contributed by atoms with Crippen molar-refractivity contribution in [2.45, 2.75) is 19.8 Å². The minimum Gasteiger partial charge on any atom is -0.365 e. The van der Waals surface area contributed by atoms with Crippen molar-refractivity contribution in [1.82, 2.24) is 4.98 Å². The third-order valence-electron chi connectivity index (χ3n) is 1.77. The number of hydrogen-bond donors (Lipinski definition) is 1. The monoisotopic (exact) mass is 230 g/mol. The Kier molecular flexibility index (Phi) is 3.95. The zero-order chi connectivity index (χ0) is 10.7. The molecule has 0 aliphatic rings. The Morgan fingerprint density at radius 3 is 2.64 bits per heavy atom. The first kappa shape index (κ1) is 11.5. The molecule has 0 aromatic carbocycles. The maximum absolute atomic E-state index is 11.5. The lowest BCUT2D eigenvalue weighted by atomic mass is 10.1. The van der Waals surface area contributed by atoms with Gasteiger partial charge in [0.2, 0.25) is 5.12 Å². The number of thioether (sulfide) groups is 1. The molecule has 1 N–H and O–H groups in total. The summed E-state index contributed by atoms with van der Waals surface area (Å²) >= 11 is 2.77. The third-order valence-corrected chi connectivity index (χ3v) is 3.71. The summed E-state index contributed by atoms with van der Waals surface area (Å²) in [5.41, 5.74) is 0.613. The number of thiazole rings is 1. The van der Waals surface area contributed by atoms with Gasteiger partial charge in [-0.25, -0.2) is 4.98 Å². The average molecular weight is 230 g/mol. The summed E-state index contributed by atoms with van der Waals surface area (Å²) in [6.07, 6.45) is 1.78. The molecule has 78 valence electrons. The van der Waals surface area contributed by atoms with Crippen LogP contribution in [0.1, 0.15) is 35.1 Å². The summed E-state index contributed by atoms with van der Waals surface area (Å²) in [6, 6.07) is 0. The van der Waals surface area contributed by atoms with Crippen molar-refractivity contribution in [3.05, 3.63) is 10.6 Å². The minimum atomic E-state index is 0.0476. The van der Waals surface area contributed by atoms with Gasteiger partial charge in [0, 0.05) is 11.9 Å². The minimum absolute atomic E-state index is 0.0476. The van der Waals surface area contributed by atoms with Crippen LogP contribution in [0.2, 0.25) is 0 Å². The highest BCUT2D eigenvalue weighted by atomic mass is 32.2. The van der Waals surface area contributed by atoms with Crippen LogP contribution in [0.4, 0.5) is 5.13 Å². The van der Waals surface area contributed by atoms with Gasteiger partial charge in [0.1, 0.15) is 5.69 Å². The van der Waals surface area contributed by atoms with E-state index in [2.05, 4.69) is 24.1 Å². The molecule has 3 nitrogen and oxygen atoms in total. The van der Waals surface area contributed by atoms with Crippen LogP contribution >= 0.6 is 23.1 Å². The van der Waals surface area contributed by atoms with Gasteiger partial charge in [-0.1, -0.05) is 25.6 Å². The fourth-order valence-corrected chi connectivity index (χ4v) is 2.40. The van der Waals surface area contributed by atoms with Gasteiger partial charge < -0.3 is 5.32 Å². The lowest BCUT2D eigenvalue weighted by Gasteiger charge is -2.01. The molecule has 1 rings (SSSR count). The summed E-state index contributed by atoms with van der Waals surface area (Å²) in [5, 5.41) is 3.83. The first-order valence-electron chi connectivity index (χ1n) is 4.37. The van der Waals surface area contributed by atoms with E-state index in [-0.39, 0.29) is 5.12 Å². The summed E-state index contributed by atoms with van der Waals surface area (Å²) in [4.78, 5) is 16.9. The van der Waals surface area contributed by atoms with Crippen LogP contribution in [-0.2, 0) is 0 Å². The van der Waals surface area contributed by atoms with Gasteiger partial charge >= 0.3 is 0 Å². The van der Waals surface area contributed by atoms with E-state index in [1.807, 2.05) is 7.05 Å². The summed E-state index contributed by atoms with van der Waals surface area (Å²) in [7, 11) is 1.82. The molecule has 0 spiro atoms. The Hall–Kier alpha value is -0.550. The Balaban J connectivity index is 3.12.